The van der Waals surface area contributed by atoms with E-state index in [-0.39, 0.29) is 11.0 Å². The van der Waals surface area contributed by atoms with E-state index in [0.717, 1.165) is 33.2 Å². The number of benzene rings is 3. The summed E-state index contributed by atoms with van der Waals surface area (Å²) < 4.78 is 6.80. The summed E-state index contributed by atoms with van der Waals surface area (Å²) in [4.78, 5) is 17.1. The van der Waals surface area contributed by atoms with Crippen molar-refractivity contribution < 1.29 is 9.21 Å². The van der Waals surface area contributed by atoms with Crippen LogP contribution >= 0.6 is 28.1 Å². The minimum atomic E-state index is -0.281. The molecule has 1 atom stereocenters. The quantitative estimate of drug-likeness (QED) is 0.287. The highest BCUT2D eigenvalue weighted by Crippen LogP contribution is 2.29. The summed E-state index contributed by atoms with van der Waals surface area (Å²) in [6.07, 6.45) is 1.07. The number of oxazole rings is 1. The van der Waals surface area contributed by atoms with Gasteiger partial charge in [-0.2, -0.15) is 0 Å². The first-order chi connectivity index (χ1) is 15.4. The fourth-order valence-electron chi connectivity index (χ4n) is 3.31. The van der Waals surface area contributed by atoms with Gasteiger partial charge < -0.3 is 9.73 Å². The number of anilines is 1. The Bertz CT molecular complexity index is 1300. The molecule has 0 aliphatic heterocycles. The van der Waals surface area contributed by atoms with Crippen LogP contribution in [-0.2, 0) is 0 Å². The molecule has 1 heterocycles. The van der Waals surface area contributed by atoms with Gasteiger partial charge in [0, 0.05) is 21.3 Å². The van der Waals surface area contributed by atoms with E-state index < -0.39 is 0 Å². The molecule has 0 saturated heterocycles. The van der Waals surface area contributed by atoms with Gasteiger partial charge in [0.05, 0.1) is 0 Å². The van der Waals surface area contributed by atoms with Gasteiger partial charge in [0.2, 0.25) is 5.89 Å². The fraction of sp³-hybridized carbons (Fsp3) is 0.160. The largest absolute Gasteiger partial charge is 0.436 e. The molecule has 0 bridgehead atoms. The van der Waals surface area contributed by atoms with E-state index in [1.807, 2.05) is 36.4 Å². The lowest BCUT2D eigenvalue weighted by molar-refractivity contribution is 0.0977. The highest BCUT2D eigenvalue weighted by atomic mass is 79.9. The Morgan fingerprint density at radius 3 is 2.72 bits per heavy atom. The van der Waals surface area contributed by atoms with Gasteiger partial charge in [0.15, 0.2) is 10.7 Å². The molecule has 32 heavy (non-hydrogen) atoms. The summed E-state index contributed by atoms with van der Waals surface area (Å²) in [5, 5.41) is 5.96. The molecule has 0 unspecified atom stereocenters. The molecule has 5 nitrogen and oxygen atoms in total. The van der Waals surface area contributed by atoms with E-state index >= 15 is 0 Å². The van der Waals surface area contributed by atoms with Gasteiger partial charge in [-0.25, -0.2) is 4.98 Å². The highest BCUT2D eigenvalue weighted by molar-refractivity contribution is 9.10. The third-order valence-corrected chi connectivity index (χ3v) is 5.97. The number of hydrogen-bond acceptors (Lipinski definition) is 4. The summed E-state index contributed by atoms with van der Waals surface area (Å²) >= 11 is 8.68. The predicted molar refractivity (Wildman–Crippen MR) is 136 cm³/mol. The molecule has 0 aliphatic rings. The van der Waals surface area contributed by atoms with Crippen LogP contribution in [0, 0.1) is 0 Å². The molecule has 2 N–H and O–H groups in total. The third kappa shape index (κ3) is 5.06. The number of fused-ring (bicyclic) bond motifs is 1. The zero-order valence-electron chi connectivity index (χ0n) is 17.7. The van der Waals surface area contributed by atoms with Crippen LogP contribution in [0.3, 0.4) is 0 Å². The summed E-state index contributed by atoms with van der Waals surface area (Å²) in [6, 6.07) is 20.8. The van der Waals surface area contributed by atoms with Crippen molar-refractivity contribution in [2.45, 2.75) is 26.2 Å². The number of nitrogens with one attached hydrogen (secondary N) is 2. The first kappa shape index (κ1) is 22.2. The number of amides is 1. The Morgan fingerprint density at radius 1 is 1.12 bits per heavy atom. The van der Waals surface area contributed by atoms with Crippen LogP contribution in [-0.4, -0.2) is 16.0 Å². The predicted octanol–water partition coefficient (Wildman–Crippen LogP) is 6.90. The van der Waals surface area contributed by atoms with Crippen molar-refractivity contribution >= 4 is 56.0 Å². The molecule has 4 rings (SSSR count). The number of carbonyl (C=O) groups is 1. The minimum absolute atomic E-state index is 0.211. The molecule has 0 aliphatic carbocycles. The number of thiocarbonyl (C=S) groups is 1. The Hall–Kier alpha value is -3.03. The SMILES string of the molecule is CC[C@@H](C)c1ccc2oc(-c3cccc(NC(=S)NC(=O)c4cccc(Br)c4)c3)nc2c1. The second-order valence-corrected chi connectivity index (χ2v) is 8.88. The maximum absolute atomic E-state index is 12.4. The Morgan fingerprint density at radius 2 is 1.94 bits per heavy atom. The Balaban J connectivity index is 1.49. The molecule has 1 aromatic heterocycles. The number of carbonyl (C=O) groups excluding carboxylic acids is 1. The first-order valence-corrected chi connectivity index (χ1v) is 11.5. The molecule has 162 valence electrons. The van der Waals surface area contributed by atoms with E-state index in [1.165, 1.54) is 5.56 Å². The highest BCUT2D eigenvalue weighted by Gasteiger charge is 2.12. The molecule has 4 aromatic rings. The number of nitrogens with zero attached hydrogens (tertiary/aromatic N) is 1. The zero-order valence-corrected chi connectivity index (χ0v) is 20.1. The van der Waals surface area contributed by atoms with Crippen LogP contribution in [0.2, 0.25) is 0 Å². The molecule has 1 amide bonds. The molecule has 3 aromatic carbocycles. The van der Waals surface area contributed by atoms with E-state index in [9.17, 15) is 4.79 Å². The van der Waals surface area contributed by atoms with E-state index in [4.69, 9.17) is 16.6 Å². The van der Waals surface area contributed by atoms with Gasteiger partial charge >= 0.3 is 0 Å². The zero-order chi connectivity index (χ0) is 22.7. The van der Waals surface area contributed by atoms with Crippen LogP contribution in [0.25, 0.3) is 22.6 Å². The monoisotopic (exact) mass is 507 g/mol. The van der Waals surface area contributed by atoms with Gasteiger partial charge in [0.1, 0.15) is 5.52 Å². The molecule has 0 radical (unpaired) electrons. The van der Waals surface area contributed by atoms with Crippen LogP contribution in [0.4, 0.5) is 5.69 Å². The van der Waals surface area contributed by atoms with Crippen molar-refractivity contribution in [3.05, 3.63) is 82.3 Å². The Kier molecular flexibility index (Phi) is 6.67. The second-order valence-electron chi connectivity index (χ2n) is 7.55. The van der Waals surface area contributed by atoms with Crippen molar-refractivity contribution in [1.29, 1.82) is 0 Å². The van der Waals surface area contributed by atoms with Crippen LogP contribution in [0.15, 0.2) is 75.6 Å². The lowest BCUT2D eigenvalue weighted by Crippen LogP contribution is -2.34. The molecule has 7 heteroatoms. The van der Waals surface area contributed by atoms with Gasteiger partial charge in [-0.3, -0.25) is 10.1 Å². The summed E-state index contributed by atoms with van der Waals surface area (Å²) in [6.45, 7) is 4.38. The summed E-state index contributed by atoms with van der Waals surface area (Å²) in [5.41, 5.74) is 4.90. The van der Waals surface area contributed by atoms with Crippen LogP contribution in [0.1, 0.15) is 42.1 Å². The van der Waals surface area contributed by atoms with Crippen LogP contribution < -0.4 is 10.6 Å². The molecular weight excluding hydrogens is 486 g/mol. The first-order valence-electron chi connectivity index (χ1n) is 10.3. The fourth-order valence-corrected chi connectivity index (χ4v) is 3.92. The standard InChI is InChI=1S/C25H22BrN3O2S/c1-3-15(2)16-10-11-22-21(14-16)28-24(31-22)18-7-5-9-20(13-18)27-25(32)29-23(30)17-6-4-8-19(26)12-17/h4-15H,3H2,1-2H3,(H2,27,29,30,32)/t15-/m1/s1. The minimum Gasteiger partial charge on any atom is -0.436 e. The number of hydrogen-bond donors (Lipinski definition) is 2. The summed E-state index contributed by atoms with van der Waals surface area (Å²) in [5.74, 6) is 0.727. The smallest absolute Gasteiger partial charge is 0.257 e. The molecular formula is C25H22BrN3O2S. The van der Waals surface area contributed by atoms with Gasteiger partial charge in [-0.15, -0.1) is 0 Å². The van der Waals surface area contributed by atoms with Gasteiger partial charge in [-0.05, 0) is 78.7 Å². The summed E-state index contributed by atoms with van der Waals surface area (Å²) in [7, 11) is 0. The van der Waals surface area contributed by atoms with Crippen molar-refractivity contribution in [2.75, 3.05) is 5.32 Å². The van der Waals surface area contributed by atoms with E-state index in [1.54, 1.807) is 18.2 Å². The van der Waals surface area contributed by atoms with Crippen molar-refractivity contribution in [3.63, 3.8) is 0 Å². The molecule has 0 fully saturated rings. The molecule has 0 saturated carbocycles. The van der Waals surface area contributed by atoms with Crippen molar-refractivity contribution in [1.82, 2.24) is 10.3 Å². The topological polar surface area (TPSA) is 67.2 Å². The third-order valence-electron chi connectivity index (χ3n) is 5.27. The van der Waals surface area contributed by atoms with Crippen molar-refractivity contribution in [3.8, 4) is 11.5 Å². The lowest BCUT2D eigenvalue weighted by atomic mass is 9.98. The molecule has 0 spiro atoms. The maximum atomic E-state index is 12.4. The average molecular weight is 508 g/mol. The van der Waals surface area contributed by atoms with E-state index in [2.05, 4.69) is 57.5 Å². The Labute approximate surface area is 200 Å². The number of aromatic nitrogens is 1. The average Bonchev–Trinajstić information content (AvgIpc) is 3.22. The van der Waals surface area contributed by atoms with Crippen LogP contribution in [0.5, 0.6) is 0 Å². The van der Waals surface area contributed by atoms with Gasteiger partial charge in [-0.1, -0.05) is 48.0 Å². The van der Waals surface area contributed by atoms with Gasteiger partial charge in [0.25, 0.3) is 5.91 Å². The number of halogens is 1. The van der Waals surface area contributed by atoms with E-state index in [0.29, 0.717) is 17.4 Å². The maximum Gasteiger partial charge on any atom is 0.257 e. The second kappa shape index (κ2) is 9.63. The normalized spacial score (nSPS) is 11.8. The van der Waals surface area contributed by atoms with Crippen molar-refractivity contribution in [2.24, 2.45) is 0 Å². The number of rotatable bonds is 5. The lowest BCUT2D eigenvalue weighted by Gasteiger charge is -2.10.